The summed E-state index contributed by atoms with van der Waals surface area (Å²) in [7, 11) is 0. The Kier molecular flexibility index (Phi) is 4.95. The van der Waals surface area contributed by atoms with E-state index in [1.54, 1.807) is 0 Å². The number of hydrogen-bond acceptors (Lipinski definition) is 2. The average Bonchev–Trinajstić information content (AvgIpc) is 2.78. The molecular weight excluding hydrogens is 293 g/mol. The van der Waals surface area contributed by atoms with E-state index in [9.17, 15) is 0 Å². The second-order valence-corrected chi connectivity index (χ2v) is 6.01. The fourth-order valence-electron chi connectivity index (χ4n) is 2.62. The number of imidazole rings is 1. The van der Waals surface area contributed by atoms with Crippen LogP contribution in [0.2, 0.25) is 10.0 Å². The quantitative estimate of drug-likeness (QED) is 0.864. The van der Waals surface area contributed by atoms with Crippen LogP contribution in [-0.4, -0.2) is 16.1 Å². The lowest BCUT2D eigenvalue weighted by Crippen LogP contribution is -2.19. The van der Waals surface area contributed by atoms with Crippen molar-refractivity contribution in [2.75, 3.05) is 6.54 Å². The van der Waals surface area contributed by atoms with Gasteiger partial charge in [-0.3, -0.25) is 0 Å². The van der Waals surface area contributed by atoms with Gasteiger partial charge >= 0.3 is 0 Å². The van der Waals surface area contributed by atoms with E-state index in [2.05, 4.69) is 25.3 Å². The maximum atomic E-state index is 6.16. The molecule has 0 aliphatic heterocycles. The number of fused-ring (bicyclic) bond motifs is 1. The van der Waals surface area contributed by atoms with Gasteiger partial charge in [-0.1, -0.05) is 37.0 Å². The highest BCUT2D eigenvalue weighted by Crippen LogP contribution is 2.33. The lowest BCUT2D eigenvalue weighted by molar-refractivity contribution is 0.498. The van der Waals surface area contributed by atoms with Crippen molar-refractivity contribution in [3.63, 3.8) is 0 Å². The van der Waals surface area contributed by atoms with Crippen LogP contribution in [0.3, 0.4) is 0 Å². The molecule has 0 saturated heterocycles. The van der Waals surface area contributed by atoms with Crippen molar-refractivity contribution >= 4 is 34.2 Å². The molecule has 1 heterocycles. The van der Waals surface area contributed by atoms with Gasteiger partial charge in [0.25, 0.3) is 0 Å². The Morgan fingerprint density at radius 3 is 2.35 bits per heavy atom. The minimum absolute atomic E-state index is 0.188. The zero-order chi connectivity index (χ0) is 14.9. The molecule has 1 atom stereocenters. The van der Waals surface area contributed by atoms with Gasteiger partial charge in [0.05, 0.1) is 21.1 Å². The van der Waals surface area contributed by atoms with Crippen LogP contribution in [-0.2, 0) is 0 Å². The minimum atomic E-state index is 0.188. The second kappa shape index (κ2) is 6.33. The molecule has 0 bridgehead atoms. The topological polar surface area (TPSA) is 43.8 Å². The number of nitrogens with zero attached hydrogens (tertiary/aromatic N) is 2. The maximum Gasteiger partial charge on any atom is 0.113 e. The molecule has 0 aliphatic carbocycles. The fourth-order valence-corrected chi connectivity index (χ4v) is 2.94. The molecule has 0 fully saturated rings. The Labute approximate surface area is 130 Å². The first kappa shape index (κ1) is 15.6. The summed E-state index contributed by atoms with van der Waals surface area (Å²) < 4.78 is 2.22. The molecule has 1 aromatic heterocycles. The number of halogens is 2. The summed E-state index contributed by atoms with van der Waals surface area (Å²) in [5.41, 5.74) is 7.77. The molecule has 1 aromatic carbocycles. The number of aromatic nitrogens is 2. The monoisotopic (exact) mass is 313 g/mol. The van der Waals surface area contributed by atoms with Crippen LogP contribution in [0, 0.1) is 0 Å². The SMILES string of the molecule is CCC(CC)c1nc2cc(Cl)c(Cl)cc2n1C(C)CN. The van der Waals surface area contributed by atoms with E-state index < -0.39 is 0 Å². The first-order valence-corrected chi connectivity index (χ1v) is 7.85. The van der Waals surface area contributed by atoms with Crippen LogP contribution in [0.4, 0.5) is 0 Å². The van der Waals surface area contributed by atoms with Crippen LogP contribution in [0.25, 0.3) is 11.0 Å². The van der Waals surface area contributed by atoms with Gasteiger partial charge < -0.3 is 10.3 Å². The highest BCUT2D eigenvalue weighted by atomic mass is 35.5. The summed E-state index contributed by atoms with van der Waals surface area (Å²) >= 11 is 12.3. The molecule has 2 rings (SSSR count). The summed E-state index contributed by atoms with van der Waals surface area (Å²) in [6, 6.07) is 3.92. The van der Waals surface area contributed by atoms with Crippen LogP contribution >= 0.6 is 23.2 Å². The lowest BCUT2D eigenvalue weighted by Gasteiger charge is -2.20. The molecular formula is C15H21Cl2N3. The van der Waals surface area contributed by atoms with Crippen molar-refractivity contribution in [2.45, 2.75) is 45.6 Å². The largest absolute Gasteiger partial charge is 0.328 e. The third kappa shape index (κ3) is 2.67. The van der Waals surface area contributed by atoms with Gasteiger partial charge in [0.15, 0.2) is 0 Å². The van der Waals surface area contributed by atoms with Crippen molar-refractivity contribution in [2.24, 2.45) is 5.73 Å². The zero-order valence-corrected chi connectivity index (χ0v) is 13.7. The van der Waals surface area contributed by atoms with E-state index >= 15 is 0 Å². The summed E-state index contributed by atoms with van der Waals surface area (Å²) in [6.45, 7) is 7.05. The molecule has 20 heavy (non-hydrogen) atoms. The first-order valence-electron chi connectivity index (χ1n) is 7.10. The van der Waals surface area contributed by atoms with E-state index in [0.29, 0.717) is 22.5 Å². The molecule has 0 aliphatic rings. The van der Waals surface area contributed by atoms with Crippen molar-refractivity contribution in [3.05, 3.63) is 28.0 Å². The Morgan fingerprint density at radius 2 is 1.80 bits per heavy atom. The molecule has 2 aromatic rings. The maximum absolute atomic E-state index is 6.16. The number of hydrogen-bond donors (Lipinski definition) is 1. The van der Waals surface area contributed by atoms with Crippen LogP contribution in [0.1, 0.15) is 51.4 Å². The Morgan fingerprint density at radius 1 is 1.20 bits per heavy atom. The van der Waals surface area contributed by atoms with E-state index in [0.717, 1.165) is 29.7 Å². The highest BCUT2D eigenvalue weighted by Gasteiger charge is 2.21. The van der Waals surface area contributed by atoms with Gasteiger partial charge in [0, 0.05) is 18.5 Å². The molecule has 0 spiro atoms. The molecule has 1 unspecified atom stereocenters. The average molecular weight is 314 g/mol. The number of benzene rings is 1. The van der Waals surface area contributed by atoms with E-state index in [4.69, 9.17) is 33.9 Å². The zero-order valence-electron chi connectivity index (χ0n) is 12.2. The third-order valence-electron chi connectivity index (χ3n) is 3.89. The number of rotatable bonds is 5. The molecule has 0 amide bonds. The molecule has 110 valence electrons. The van der Waals surface area contributed by atoms with Gasteiger partial charge in [-0.05, 0) is 31.9 Å². The molecule has 0 radical (unpaired) electrons. The van der Waals surface area contributed by atoms with E-state index in [1.807, 2.05) is 12.1 Å². The summed E-state index contributed by atoms with van der Waals surface area (Å²) in [5, 5.41) is 1.10. The Bertz CT molecular complexity index is 603. The van der Waals surface area contributed by atoms with Crippen LogP contribution in [0.5, 0.6) is 0 Å². The van der Waals surface area contributed by atoms with Gasteiger partial charge in [-0.15, -0.1) is 0 Å². The fraction of sp³-hybridized carbons (Fsp3) is 0.533. The third-order valence-corrected chi connectivity index (χ3v) is 4.61. The van der Waals surface area contributed by atoms with E-state index in [1.165, 1.54) is 0 Å². The lowest BCUT2D eigenvalue weighted by atomic mass is 10.0. The second-order valence-electron chi connectivity index (χ2n) is 5.19. The first-order chi connectivity index (χ1) is 9.53. The molecule has 3 nitrogen and oxygen atoms in total. The van der Waals surface area contributed by atoms with Gasteiger partial charge in [-0.25, -0.2) is 4.98 Å². The normalized spacial score (nSPS) is 13.3. The predicted molar refractivity (Wildman–Crippen MR) is 86.8 cm³/mol. The molecule has 2 N–H and O–H groups in total. The Balaban J connectivity index is 2.72. The van der Waals surface area contributed by atoms with E-state index in [-0.39, 0.29) is 6.04 Å². The van der Waals surface area contributed by atoms with Crippen LogP contribution in [0.15, 0.2) is 12.1 Å². The summed E-state index contributed by atoms with van der Waals surface area (Å²) in [5.74, 6) is 1.51. The standard InChI is InChI=1S/C15H21Cl2N3/c1-4-10(5-2)15-19-13-6-11(16)12(17)7-14(13)20(15)9(3)8-18/h6-7,9-10H,4-5,8,18H2,1-3H3. The highest BCUT2D eigenvalue weighted by molar-refractivity contribution is 6.42. The summed E-state index contributed by atoms with van der Waals surface area (Å²) in [4.78, 5) is 4.79. The minimum Gasteiger partial charge on any atom is -0.328 e. The molecule has 5 heteroatoms. The molecule has 0 saturated carbocycles. The smallest absolute Gasteiger partial charge is 0.113 e. The van der Waals surface area contributed by atoms with Crippen molar-refractivity contribution in [1.82, 2.24) is 9.55 Å². The van der Waals surface area contributed by atoms with Gasteiger partial charge in [-0.2, -0.15) is 0 Å². The van der Waals surface area contributed by atoms with Crippen molar-refractivity contribution in [1.29, 1.82) is 0 Å². The predicted octanol–water partition coefficient (Wildman–Crippen LogP) is 4.77. The van der Waals surface area contributed by atoms with Crippen molar-refractivity contribution in [3.8, 4) is 0 Å². The van der Waals surface area contributed by atoms with Gasteiger partial charge in [0.2, 0.25) is 0 Å². The summed E-state index contributed by atoms with van der Waals surface area (Å²) in [6.07, 6.45) is 2.11. The number of nitrogens with two attached hydrogens (primary N) is 1. The van der Waals surface area contributed by atoms with Crippen LogP contribution < -0.4 is 5.73 Å². The Hall–Kier alpha value is -0.770. The van der Waals surface area contributed by atoms with Crippen molar-refractivity contribution < 1.29 is 0 Å². The van der Waals surface area contributed by atoms with Gasteiger partial charge in [0.1, 0.15) is 5.82 Å².